The highest BCUT2D eigenvalue weighted by atomic mass is 16.2. The molecule has 0 aromatic rings. The van der Waals surface area contributed by atoms with Gasteiger partial charge in [0.2, 0.25) is 5.91 Å². The highest BCUT2D eigenvalue weighted by Gasteiger charge is 2.43. The van der Waals surface area contributed by atoms with Gasteiger partial charge in [0.25, 0.3) is 0 Å². The molecule has 19 heavy (non-hydrogen) atoms. The van der Waals surface area contributed by atoms with Crippen LogP contribution in [0.1, 0.15) is 59.8 Å². The first-order valence-corrected chi connectivity index (χ1v) is 7.93. The minimum absolute atomic E-state index is 0.241. The number of nitrogens with one attached hydrogen (secondary N) is 1. The number of nitrogens with zero attached hydrogens (tertiary/aromatic N) is 1. The summed E-state index contributed by atoms with van der Waals surface area (Å²) in [7, 11) is 0. The minimum Gasteiger partial charge on any atom is -0.341 e. The number of carbonyl (C=O) groups is 1. The van der Waals surface area contributed by atoms with Gasteiger partial charge in [-0.15, -0.1) is 0 Å². The van der Waals surface area contributed by atoms with E-state index in [-0.39, 0.29) is 5.54 Å². The van der Waals surface area contributed by atoms with Crippen molar-refractivity contribution in [3.63, 3.8) is 0 Å². The van der Waals surface area contributed by atoms with Crippen LogP contribution >= 0.6 is 0 Å². The highest BCUT2D eigenvalue weighted by Crippen LogP contribution is 2.35. The van der Waals surface area contributed by atoms with E-state index >= 15 is 0 Å². The molecule has 1 amide bonds. The van der Waals surface area contributed by atoms with Gasteiger partial charge >= 0.3 is 0 Å². The van der Waals surface area contributed by atoms with Crippen LogP contribution in [0.5, 0.6) is 0 Å². The summed E-state index contributed by atoms with van der Waals surface area (Å²) in [5.41, 5.74) is 0.137. The molecule has 3 heteroatoms. The molecule has 0 saturated carbocycles. The van der Waals surface area contributed by atoms with Crippen molar-refractivity contribution in [3.05, 3.63) is 0 Å². The van der Waals surface area contributed by atoms with E-state index in [0.29, 0.717) is 11.3 Å². The van der Waals surface area contributed by atoms with Crippen LogP contribution in [0.2, 0.25) is 0 Å². The summed E-state index contributed by atoms with van der Waals surface area (Å²) in [4.78, 5) is 14.9. The van der Waals surface area contributed by atoms with Gasteiger partial charge in [-0.3, -0.25) is 4.79 Å². The molecule has 2 rings (SSSR count). The first-order valence-electron chi connectivity index (χ1n) is 7.93. The van der Waals surface area contributed by atoms with Gasteiger partial charge in [0.1, 0.15) is 0 Å². The Morgan fingerprint density at radius 1 is 1.32 bits per heavy atom. The van der Waals surface area contributed by atoms with Crippen LogP contribution in [0.25, 0.3) is 0 Å². The van der Waals surface area contributed by atoms with Crippen molar-refractivity contribution in [2.75, 3.05) is 19.6 Å². The van der Waals surface area contributed by atoms with E-state index in [2.05, 4.69) is 37.9 Å². The third kappa shape index (κ3) is 2.96. The number of hydrogen-bond acceptors (Lipinski definition) is 2. The smallest absolute Gasteiger partial charge is 0.242 e. The zero-order valence-corrected chi connectivity index (χ0v) is 13.1. The fraction of sp³-hybridized carbons (Fsp3) is 0.938. The molecule has 2 aliphatic heterocycles. The second-order valence-corrected chi connectivity index (χ2v) is 7.40. The van der Waals surface area contributed by atoms with Gasteiger partial charge in [0, 0.05) is 13.1 Å². The molecule has 0 bridgehead atoms. The van der Waals surface area contributed by atoms with Crippen molar-refractivity contribution in [3.8, 4) is 0 Å². The molecule has 2 aliphatic rings. The molecule has 0 aliphatic carbocycles. The van der Waals surface area contributed by atoms with Crippen LogP contribution in [-0.2, 0) is 4.79 Å². The van der Waals surface area contributed by atoms with Crippen LogP contribution in [-0.4, -0.2) is 36.0 Å². The summed E-state index contributed by atoms with van der Waals surface area (Å²) >= 11 is 0. The number of piperidine rings is 1. The molecule has 0 spiro atoms. The Morgan fingerprint density at radius 3 is 2.37 bits per heavy atom. The largest absolute Gasteiger partial charge is 0.341 e. The first-order chi connectivity index (χ1) is 8.89. The SMILES string of the molecule is CCC1(C(=O)N2CCC(C(C)(C)C)CC2)CCCN1. The first kappa shape index (κ1) is 14.8. The lowest BCUT2D eigenvalue weighted by Crippen LogP contribution is -2.56. The van der Waals surface area contributed by atoms with Crippen molar-refractivity contribution in [1.82, 2.24) is 10.2 Å². The lowest BCUT2D eigenvalue weighted by Gasteiger charge is -2.41. The standard InChI is InChI=1S/C16H30N2O/c1-5-16(9-6-10-17-16)14(19)18-11-7-13(8-12-18)15(2,3)4/h13,17H,5-12H2,1-4H3. The second-order valence-electron chi connectivity index (χ2n) is 7.40. The Morgan fingerprint density at radius 2 is 1.95 bits per heavy atom. The Hall–Kier alpha value is -0.570. The van der Waals surface area contributed by atoms with Crippen LogP contribution in [0.3, 0.4) is 0 Å². The average molecular weight is 266 g/mol. The molecule has 1 N–H and O–H groups in total. The number of rotatable bonds is 2. The molecule has 0 radical (unpaired) electrons. The van der Waals surface area contributed by atoms with Gasteiger partial charge in [0.15, 0.2) is 0 Å². The normalized spacial score (nSPS) is 29.8. The summed E-state index contributed by atoms with van der Waals surface area (Å²) < 4.78 is 0. The lowest BCUT2D eigenvalue weighted by atomic mass is 9.75. The van der Waals surface area contributed by atoms with Crippen molar-refractivity contribution in [2.24, 2.45) is 11.3 Å². The third-order valence-electron chi connectivity index (χ3n) is 5.26. The summed E-state index contributed by atoms with van der Waals surface area (Å²) in [6, 6.07) is 0. The molecular weight excluding hydrogens is 236 g/mol. The fourth-order valence-corrected chi connectivity index (χ4v) is 3.69. The van der Waals surface area contributed by atoms with Crippen LogP contribution in [0.15, 0.2) is 0 Å². The van der Waals surface area contributed by atoms with E-state index in [0.717, 1.165) is 57.7 Å². The van der Waals surface area contributed by atoms with Gasteiger partial charge in [-0.2, -0.15) is 0 Å². The van der Waals surface area contributed by atoms with E-state index < -0.39 is 0 Å². The van der Waals surface area contributed by atoms with Crippen LogP contribution < -0.4 is 5.32 Å². The van der Waals surface area contributed by atoms with Crippen molar-refractivity contribution in [2.45, 2.75) is 65.3 Å². The van der Waals surface area contributed by atoms with Gasteiger partial charge in [-0.1, -0.05) is 27.7 Å². The number of hydrogen-bond donors (Lipinski definition) is 1. The number of amides is 1. The molecule has 2 saturated heterocycles. The highest BCUT2D eigenvalue weighted by molar-refractivity contribution is 5.86. The monoisotopic (exact) mass is 266 g/mol. The van der Waals surface area contributed by atoms with Gasteiger partial charge in [0.05, 0.1) is 5.54 Å². The van der Waals surface area contributed by atoms with E-state index in [1.807, 2.05) is 0 Å². The summed E-state index contributed by atoms with van der Waals surface area (Å²) in [5, 5.41) is 3.47. The summed E-state index contributed by atoms with van der Waals surface area (Å²) in [6.07, 6.45) is 5.40. The predicted octanol–water partition coefficient (Wildman–Crippen LogP) is 2.80. The zero-order chi connectivity index (χ0) is 14.1. The van der Waals surface area contributed by atoms with E-state index in [1.54, 1.807) is 0 Å². The fourth-order valence-electron chi connectivity index (χ4n) is 3.69. The summed E-state index contributed by atoms with van der Waals surface area (Å²) in [6.45, 7) is 12.0. The quantitative estimate of drug-likeness (QED) is 0.833. The van der Waals surface area contributed by atoms with Crippen LogP contribution in [0.4, 0.5) is 0 Å². The predicted molar refractivity (Wildman–Crippen MR) is 79.0 cm³/mol. The van der Waals surface area contributed by atoms with Crippen molar-refractivity contribution < 1.29 is 4.79 Å². The van der Waals surface area contributed by atoms with Crippen molar-refractivity contribution >= 4 is 5.91 Å². The summed E-state index contributed by atoms with van der Waals surface area (Å²) in [5.74, 6) is 1.12. The van der Waals surface area contributed by atoms with Crippen LogP contribution in [0, 0.1) is 11.3 Å². The van der Waals surface area contributed by atoms with Gasteiger partial charge < -0.3 is 10.2 Å². The number of likely N-dealkylation sites (tertiary alicyclic amines) is 1. The lowest BCUT2D eigenvalue weighted by molar-refractivity contribution is -0.140. The zero-order valence-electron chi connectivity index (χ0n) is 13.1. The van der Waals surface area contributed by atoms with E-state index in [1.165, 1.54) is 0 Å². The van der Waals surface area contributed by atoms with E-state index in [4.69, 9.17) is 0 Å². The Labute approximate surface area is 118 Å². The molecule has 1 atom stereocenters. The molecule has 2 heterocycles. The Balaban J connectivity index is 1.96. The topological polar surface area (TPSA) is 32.3 Å². The van der Waals surface area contributed by atoms with Crippen molar-refractivity contribution in [1.29, 1.82) is 0 Å². The molecule has 0 aromatic carbocycles. The number of carbonyl (C=O) groups excluding carboxylic acids is 1. The molecule has 2 fully saturated rings. The maximum Gasteiger partial charge on any atom is 0.242 e. The molecule has 0 aromatic heterocycles. The van der Waals surface area contributed by atoms with Gasteiger partial charge in [-0.25, -0.2) is 0 Å². The average Bonchev–Trinajstić information content (AvgIpc) is 2.87. The Kier molecular flexibility index (Phi) is 4.24. The molecular formula is C16H30N2O. The van der Waals surface area contributed by atoms with Gasteiger partial charge in [-0.05, 0) is 50.0 Å². The molecule has 1 unspecified atom stereocenters. The molecule has 110 valence electrons. The van der Waals surface area contributed by atoms with E-state index in [9.17, 15) is 4.79 Å². The molecule has 3 nitrogen and oxygen atoms in total. The maximum atomic E-state index is 12.8. The Bertz CT molecular complexity index is 318. The minimum atomic E-state index is -0.241. The third-order valence-corrected chi connectivity index (χ3v) is 5.26. The second kappa shape index (κ2) is 5.43. The maximum absolute atomic E-state index is 12.8.